The van der Waals surface area contributed by atoms with Crippen LogP contribution in [0.2, 0.25) is 0 Å². The van der Waals surface area contributed by atoms with Crippen molar-refractivity contribution in [2.75, 3.05) is 24.6 Å². The van der Waals surface area contributed by atoms with Crippen LogP contribution in [0.4, 0.5) is 18.9 Å². The van der Waals surface area contributed by atoms with Gasteiger partial charge in [-0.2, -0.15) is 0 Å². The summed E-state index contributed by atoms with van der Waals surface area (Å²) in [5.74, 6) is -0.609. The summed E-state index contributed by atoms with van der Waals surface area (Å²) in [6, 6.07) is 4.24. The van der Waals surface area contributed by atoms with Crippen molar-refractivity contribution in [2.24, 2.45) is 5.73 Å². The number of halogens is 3. The standard InChI is InChI=1S/C11H15F3N2O/c12-9-3-1-2-8(6-15)11(9)16(4-5-17)7-10(13)14/h1-3,10,17H,4-7,15H2. The first kappa shape index (κ1) is 13.8. The maximum absolute atomic E-state index is 13.6. The molecule has 17 heavy (non-hydrogen) atoms. The van der Waals surface area contributed by atoms with Crippen molar-refractivity contribution < 1.29 is 18.3 Å². The van der Waals surface area contributed by atoms with Crippen LogP contribution < -0.4 is 10.6 Å². The second-order valence-electron chi connectivity index (χ2n) is 3.51. The molecule has 0 aliphatic rings. The molecule has 0 saturated heterocycles. The summed E-state index contributed by atoms with van der Waals surface area (Å²) in [4.78, 5) is 1.11. The van der Waals surface area contributed by atoms with E-state index in [2.05, 4.69) is 0 Å². The Kier molecular flexibility index (Phi) is 5.24. The Morgan fingerprint density at radius 2 is 2.06 bits per heavy atom. The molecule has 0 bridgehead atoms. The third-order valence-electron chi connectivity index (χ3n) is 2.33. The number of hydrogen-bond acceptors (Lipinski definition) is 3. The summed E-state index contributed by atoms with van der Waals surface area (Å²) in [6.07, 6.45) is -2.60. The summed E-state index contributed by atoms with van der Waals surface area (Å²) in [7, 11) is 0. The summed E-state index contributed by atoms with van der Waals surface area (Å²) >= 11 is 0. The maximum atomic E-state index is 13.6. The fraction of sp³-hybridized carbons (Fsp3) is 0.455. The van der Waals surface area contributed by atoms with E-state index in [-0.39, 0.29) is 25.4 Å². The Balaban J connectivity index is 3.07. The molecule has 0 spiro atoms. The van der Waals surface area contributed by atoms with Crippen molar-refractivity contribution in [2.45, 2.75) is 13.0 Å². The van der Waals surface area contributed by atoms with Gasteiger partial charge in [0, 0.05) is 13.1 Å². The van der Waals surface area contributed by atoms with Crippen LogP contribution in [-0.2, 0) is 6.54 Å². The molecule has 0 aliphatic heterocycles. The van der Waals surface area contributed by atoms with Crippen LogP contribution in [0.5, 0.6) is 0 Å². The van der Waals surface area contributed by atoms with Gasteiger partial charge in [-0.1, -0.05) is 12.1 Å². The SMILES string of the molecule is NCc1cccc(F)c1N(CCO)CC(F)F. The predicted octanol–water partition coefficient (Wildman–Crippen LogP) is 1.35. The predicted molar refractivity (Wildman–Crippen MR) is 59.6 cm³/mol. The average molecular weight is 248 g/mol. The number of rotatable bonds is 6. The number of aliphatic hydroxyl groups is 1. The van der Waals surface area contributed by atoms with E-state index in [0.717, 1.165) is 4.90 Å². The van der Waals surface area contributed by atoms with Crippen LogP contribution in [0.1, 0.15) is 5.56 Å². The molecule has 0 amide bonds. The third kappa shape index (κ3) is 3.61. The molecule has 0 atom stereocenters. The highest BCUT2D eigenvalue weighted by Crippen LogP contribution is 2.24. The van der Waals surface area contributed by atoms with E-state index < -0.39 is 18.8 Å². The van der Waals surface area contributed by atoms with E-state index in [0.29, 0.717) is 5.56 Å². The van der Waals surface area contributed by atoms with Crippen LogP contribution in [-0.4, -0.2) is 31.2 Å². The van der Waals surface area contributed by atoms with Gasteiger partial charge in [0.2, 0.25) is 0 Å². The zero-order valence-corrected chi connectivity index (χ0v) is 9.24. The zero-order chi connectivity index (χ0) is 12.8. The van der Waals surface area contributed by atoms with Crippen molar-refractivity contribution >= 4 is 5.69 Å². The molecule has 0 unspecified atom stereocenters. The van der Waals surface area contributed by atoms with Crippen LogP contribution in [0.25, 0.3) is 0 Å². The van der Waals surface area contributed by atoms with Crippen LogP contribution in [0.15, 0.2) is 18.2 Å². The van der Waals surface area contributed by atoms with Crippen molar-refractivity contribution in [1.29, 1.82) is 0 Å². The van der Waals surface area contributed by atoms with Crippen LogP contribution >= 0.6 is 0 Å². The molecule has 0 heterocycles. The van der Waals surface area contributed by atoms with E-state index in [1.165, 1.54) is 12.1 Å². The molecule has 1 rings (SSSR count). The number of nitrogens with zero attached hydrogens (tertiary/aromatic N) is 1. The van der Waals surface area contributed by atoms with E-state index in [4.69, 9.17) is 10.8 Å². The minimum atomic E-state index is -2.60. The number of aliphatic hydroxyl groups excluding tert-OH is 1. The highest BCUT2D eigenvalue weighted by molar-refractivity contribution is 5.55. The minimum absolute atomic E-state index is 0.0457. The van der Waals surface area contributed by atoms with Gasteiger partial charge in [-0.15, -0.1) is 0 Å². The number of nitrogens with two attached hydrogens (primary N) is 1. The lowest BCUT2D eigenvalue weighted by Crippen LogP contribution is -2.33. The van der Waals surface area contributed by atoms with E-state index in [1.807, 2.05) is 0 Å². The molecule has 0 saturated carbocycles. The van der Waals surface area contributed by atoms with E-state index >= 15 is 0 Å². The quantitative estimate of drug-likeness (QED) is 0.799. The summed E-state index contributed by atoms with van der Waals surface area (Å²) < 4.78 is 38.4. The topological polar surface area (TPSA) is 49.5 Å². The molecule has 6 heteroatoms. The highest BCUT2D eigenvalue weighted by atomic mass is 19.3. The molecule has 0 aromatic heterocycles. The van der Waals surface area contributed by atoms with Gasteiger partial charge in [-0.05, 0) is 11.6 Å². The third-order valence-corrected chi connectivity index (χ3v) is 2.33. The van der Waals surface area contributed by atoms with Gasteiger partial charge >= 0.3 is 0 Å². The Morgan fingerprint density at radius 3 is 2.59 bits per heavy atom. The fourth-order valence-corrected chi connectivity index (χ4v) is 1.66. The summed E-state index contributed by atoms with van der Waals surface area (Å²) in [6.45, 7) is -0.962. The van der Waals surface area contributed by atoms with Crippen molar-refractivity contribution in [3.05, 3.63) is 29.6 Å². The lowest BCUT2D eigenvalue weighted by Gasteiger charge is -2.26. The van der Waals surface area contributed by atoms with Gasteiger partial charge in [0.1, 0.15) is 5.82 Å². The molecule has 0 fully saturated rings. The Labute approximate surface area is 97.6 Å². The Morgan fingerprint density at radius 1 is 1.35 bits per heavy atom. The number of alkyl halides is 2. The number of benzene rings is 1. The van der Waals surface area contributed by atoms with Crippen molar-refractivity contribution in [3.63, 3.8) is 0 Å². The maximum Gasteiger partial charge on any atom is 0.255 e. The first-order valence-corrected chi connectivity index (χ1v) is 5.21. The largest absolute Gasteiger partial charge is 0.395 e. The highest BCUT2D eigenvalue weighted by Gasteiger charge is 2.18. The molecule has 1 aromatic rings. The van der Waals surface area contributed by atoms with Gasteiger partial charge < -0.3 is 15.7 Å². The Hall–Kier alpha value is -1.27. The number of para-hydroxylation sites is 1. The van der Waals surface area contributed by atoms with Gasteiger partial charge in [0.25, 0.3) is 6.43 Å². The first-order valence-electron chi connectivity index (χ1n) is 5.21. The Bertz CT molecular complexity index is 361. The molecule has 3 N–H and O–H groups in total. The molecule has 3 nitrogen and oxygen atoms in total. The normalized spacial score (nSPS) is 10.9. The monoisotopic (exact) mass is 248 g/mol. The minimum Gasteiger partial charge on any atom is -0.395 e. The van der Waals surface area contributed by atoms with Gasteiger partial charge in [0.05, 0.1) is 18.8 Å². The van der Waals surface area contributed by atoms with Gasteiger partial charge in [-0.25, -0.2) is 13.2 Å². The molecular weight excluding hydrogens is 233 g/mol. The second kappa shape index (κ2) is 6.46. The van der Waals surface area contributed by atoms with Crippen molar-refractivity contribution in [3.8, 4) is 0 Å². The zero-order valence-electron chi connectivity index (χ0n) is 9.24. The first-order chi connectivity index (χ1) is 8.10. The summed E-state index contributed by atoms with van der Waals surface area (Å²) in [5.41, 5.74) is 5.93. The average Bonchev–Trinajstić information content (AvgIpc) is 2.27. The molecule has 96 valence electrons. The van der Waals surface area contributed by atoms with Crippen LogP contribution in [0, 0.1) is 5.82 Å². The number of hydrogen-bond donors (Lipinski definition) is 2. The summed E-state index contributed by atoms with van der Waals surface area (Å²) in [5, 5.41) is 8.83. The van der Waals surface area contributed by atoms with E-state index in [9.17, 15) is 13.2 Å². The molecule has 0 radical (unpaired) electrons. The lowest BCUT2D eigenvalue weighted by molar-refractivity contribution is 0.152. The molecule has 1 aromatic carbocycles. The van der Waals surface area contributed by atoms with E-state index in [1.54, 1.807) is 6.07 Å². The lowest BCUT2D eigenvalue weighted by atomic mass is 10.1. The van der Waals surface area contributed by atoms with Crippen LogP contribution in [0.3, 0.4) is 0 Å². The van der Waals surface area contributed by atoms with Gasteiger partial charge in [-0.3, -0.25) is 0 Å². The van der Waals surface area contributed by atoms with Gasteiger partial charge in [0.15, 0.2) is 0 Å². The second-order valence-corrected chi connectivity index (χ2v) is 3.51. The fourth-order valence-electron chi connectivity index (χ4n) is 1.66. The smallest absolute Gasteiger partial charge is 0.255 e. The number of anilines is 1. The van der Waals surface area contributed by atoms with Crippen molar-refractivity contribution in [1.82, 2.24) is 0 Å². The molecule has 0 aliphatic carbocycles. The molecular formula is C11H15F3N2O.